The lowest BCUT2D eigenvalue weighted by molar-refractivity contribution is -0.135. The molecule has 0 aliphatic heterocycles. The van der Waals surface area contributed by atoms with Gasteiger partial charge in [-0.3, -0.25) is 4.79 Å². The minimum Gasteiger partial charge on any atom is -0.480 e. The number of carboxylic acids is 1. The van der Waals surface area contributed by atoms with Crippen LogP contribution in [0.3, 0.4) is 0 Å². The monoisotopic (exact) mass is 505 g/mol. The highest BCUT2D eigenvalue weighted by Crippen LogP contribution is 2.42. The SMILES string of the molecule is Cc1ccc(OP(Oc2ccc(C)cc2)Oc2ccc(C)cc2)cc1.NCC(=O)O.O=CCCl. The van der Waals surface area contributed by atoms with Gasteiger partial charge in [-0.25, -0.2) is 0 Å². The van der Waals surface area contributed by atoms with E-state index >= 15 is 0 Å². The molecule has 0 saturated carbocycles. The third kappa shape index (κ3) is 12.8. The van der Waals surface area contributed by atoms with Crippen LogP contribution in [0.4, 0.5) is 0 Å². The fourth-order valence-electron chi connectivity index (χ4n) is 2.11. The molecule has 182 valence electrons. The predicted molar refractivity (Wildman–Crippen MR) is 136 cm³/mol. The number of halogens is 1. The van der Waals surface area contributed by atoms with Gasteiger partial charge in [-0.1, -0.05) is 53.1 Å². The summed E-state index contributed by atoms with van der Waals surface area (Å²) in [5.74, 6) is 1.30. The molecule has 7 nitrogen and oxygen atoms in total. The van der Waals surface area contributed by atoms with Gasteiger partial charge in [0, 0.05) is 0 Å². The summed E-state index contributed by atoms with van der Waals surface area (Å²) in [6.07, 6.45) is 0.640. The van der Waals surface area contributed by atoms with Crippen molar-refractivity contribution in [1.29, 1.82) is 0 Å². The molecular formula is C25H29ClNO6P. The summed E-state index contributed by atoms with van der Waals surface area (Å²) in [5.41, 5.74) is 8.10. The molecule has 0 heterocycles. The van der Waals surface area contributed by atoms with Crippen molar-refractivity contribution >= 4 is 32.5 Å². The van der Waals surface area contributed by atoms with Crippen molar-refractivity contribution in [2.75, 3.05) is 12.4 Å². The first-order chi connectivity index (χ1) is 16.3. The van der Waals surface area contributed by atoms with Crippen LogP contribution in [0.15, 0.2) is 72.8 Å². The van der Waals surface area contributed by atoms with E-state index in [1.807, 2.05) is 93.6 Å². The van der Waals surface area contributed by atoms with E-state index in [2.05, 4.69) is 5.73 Å². The van der Waals surface area contributed by atoms with Crippen molar-refractivity contribution in [2.24, 2.45) is 5.73 Å². The largest absolute Gasteiger partial charge is 0.530 e. The van der Waals surface area contributed by atoms with Gasteiger partial charge >= 0.3 is 14.6 Å². The molecule has 34 heavy (non-hydrogen) atoms. The van der Waals surface area contributed by atoms with E-state index in [1.165, 1.54) is 16.7 Å². The molecule has 0 fully saturated rings. The van der Waals surface area contributed by atoms with Crippen LogP contribution in [0, 0.1) is 20.8 Å². The highest BCUT2D eigenvalue weighted by atomic mass is 35.5. The quantitative estimate of drug-likeness (QED) is 0.225. The second-order valence-corrected chi connectivity index (χ2v) is 8.16. The van der Waals surface area contributed by atoms with Crippen molar-refractivity contribution in [2.45, 2.75) is 20.8 Å². The number of carbonyl (C=O) groups is 2. The van der Waals surface area contributed by atoms with Gasteiger partial charge < -0.3 is 29.2 Å². The number of carbonyl (C=O) groups excluding carboxylic acids is 1. The number of rotatable bonds is 8. The van der Waals surface area contributed by atoms with Gasteiger partial charge in [0.15, 0.2) is 0 Å². The van der Waals surface area contributed by atoms with Gasteiger partial charge in [0.05, 0.1) is 12.4 Å². The van der Waals surface area contributed by atoms with E-state index < -0.39 is 14.6 Å². The number of benzene rings is 3. The van der Waals surface area contributed by atoms with Crippen molar-refractivity contribution < 1.29 is 28.3 Å². The smallest absolute Gasteiger partial charge is 0.480 e. The lowest BCUT2D eigenvalue weighted by Crippen LogP contribution is -2.10. The van der Waals surface area contributed by atoms with Gasteiger partial charge in [0.1, 0.15) is 23.5 Å². The lowest BCUT2D eigenvalue weighted by atomic mass is 10.2. The van der Waals surface area contributed by atoms with Gasteiger partial charge in [0.2, 0.25) is 0 Å². The maximum Gasteiger partial charge on any atom is 0.530 e. The van der Waals surface area contributed by atoms with Crippen LogP contribution < -0.4 is 19.3 Å². The zero-order chi connectivity index (χ0) is 25.3. The van der Waals surface area contributed by atoms with Gasteiger partial charge in [-0.15, -0.1) is 11.6 Å². The first-order valence-electron chi connectivity index (χ1n) is 10.2. The van der Waals surface area contributed by atoms with Gasteiger partial charge in [-0.05, 0) is 57.2 Å². The van der Waals surface area contributed by atoms with Crippen molar-refractivity contribution in [1.82, 2.24) is 0 Å². The Bertz CT molecular complexity index is 869. The van der Waals surface area contributed by atoms with Crippen LogP contribution in [0.2, 0.25) is 0 Å². The molecule has 0 bridgehead atoms. The second kappa shape index (κ2) is 16.5. The molecule has 0 aliphatic carbocycles. The first kappa shape index (κ1) is 28.9. The molecule has 3 N–H and O–H groups in total. The molecule has 0 atom stereocenters. The number of hydrogen-bond acceptors (Lipinski definition) is 6. The molecule has 0 radical (unpaired) electrons. The Morgan fingerprint density at radius 3 is 1.21 bits per heavy atom. The predicted octanol–water partition coefficient (Wildman–Crippen LogP) is 5.83. The Morgan fingerprint density at radius 2 is 1.03 bits per heavy atom. The average molecular weight is 506 g/mol. The molecule has 9 heteroatoms. The van der Waals surface area contributed by atoms with Crippen LogP contribution in [0.5, 0.6) is 17.2 Å². The van der Waals surface area contributed by atoms with Crippen LogP contribution in [0.25, 0.3) is 0 Å². The summed E-state index contributed by atoms with van der Waals surface area (Å²) in [7, 11) is -1.62. The molecule has 0 spiro atoms. The lowest BCUT2D eigenvalue weighted by Gasteiger charge is -2.18. The maximum atomic E-state index is 9.24. The summed E-state index contributed by atoms with van der Waals surface area (Å²) in [5, 5.41) is 7.60. The molecule has 0 unspecified atom stereocenters. The van der Waals surface area contributed by atoms with Crippen molar-refractivity contribution in [3.63, 3.8) is 0 Å². The Hall–Kier alpha value is -3.12. The maximum absolute atomic E-state index is 9.24. The van der Waals surface area contributed by atoms with Crippen LogP contribution in [-0.2, 0) is 9.59 Å². The fourth-order valence-corrected chi connectivity index (χ4v) is 3.10. The third-order valence-electron chi connectivity index (χ3n) is 3.84. The van der Waals surface area contributed by atoms with Gasteiger partial charge in [-0.2, -0.15) is 0 Å². The number of aryl methyl sites for hydroxylation is 3. The van der Waals surface area contributed by atoms with Crippen LogP contribution >= 0.6 is 20.2 Å². The Morgan fingerprint density at radius 1 is 0.794 bits per heavy atom. The van der Waals surface area contributed by atoms with E-state index in [9.17, 15) is 4.79 Å². The highest BCUT2D eigenvalue weighted by Gasteiger charge is 2.19. The summed E-state index contributed by atoms with van der Waals surface area (Å²) >= 11 is 4.82. The number of carboxylic acid groups (broad SMARTS) is 1. The zero-order valence-corrected chi connectivity index (χ0v) is 21.0. The van der Waals surface area contributed by atoms with E-state index in [1.54, 1.807) is 0 Å². The first-order valence-corrected chi connectivity index (χ1v) is 11.9. The number of nitrogens with two attached hydrogens (primary N) is 1. The topological polar surface area (TPSA) is 108 Å². The van der Waals surface area contributed by atoms with Crippen LogP contribution in [0.1, 0.15) is 16.7 Å². The standard InChI is InChI=1S/C21H21O3P.C2H3ClO.C2H5NO2/c1-16-4-10-19(11-5-16)22-25(23-20-12-6-17(2)7-13-20)24-21-14-8-18(3)9-15-21;3-1-2-4;3-1-2(4)5/h4-15H,1-3H3;2H,1H2;1,3H2,(H,4,5). The molecule has 3 aromatic rings. The Kier molecular flexibility index (Phi) is 14.0. The minimum atomic E-state index is -1.62. The van der Waals surface area contributed by atoms with Gasteiger partial charge in [0.25, 0.3) is 0 Å². The van der Waals surface area contributed by atoms with Crippen LogP contribution in [-0.4, -0.2) is 29.8 Å². The average Bonchev–Trinajstić information content (AvgIpc) is 2.84. The number of hydrogen-bond donors (Lipinski definition) is 2. The molecule has 0 saturated heterocycles. The third-order valence-corrected chi connectivity index (χ3v) is 5.05. The Balaban J connectivity index is 0.000000550. The molecule has 3 aromatic carbocycles. The van der Waals surface area contributed by atoms with E-state index in [-0.39, 0.29) is 12.4 Å². The number of aliphatic carboxylic acids is 1. The molecule has 0 aromatic heterocycles. The molecule has 0 amide bonds. The zero-order valence-electron chi connectivity index (χ0n) is 19.3. The normalized spacial score (nSPS) is 9.59. The van der Waals surface area contributed by atoms with E-state index in [4.69, 9.17) is 35.1 Å². The number of aldehydes is 1. The second-order valence-electron chi connectivity index (χ2n) is 6.86. The molecule has 0 aliphatic rings. The van der Waals surface area contributed by atoms with E-state index in [0.717, 1.165) is 17.2 Å². The Labute approximate surface area is 206 Å². The van der Waals surface area contributed by atoms with Crippen molar-refractivity contribution in [3.8, 4) is 17.2 Å². The molecule has 3 rings (SSSR count). The number of alkyl halides is 1. The molecular weight excluding hydrogens is 477 g/mol. The summed E-state index contributed by atoms with van der Waals surface area (Å²) in [6, 6.07) is 23.5. The fraction of sp³-hybridized carbons (Fsp3) is 0.200. The summed E-state index contributed by atoms with van der Waals surface area (Å²) in [6.45, 7) is 5.84. The minimum absolute atomic E-state index is 0.111. The highest BCUT2D eigenvalue weighted by molar-refractivity contribution is 7.43. The summed E-state index contributed by atoms with van der Waals surface area (Å²) in [4.78, 5) is 18.3. The summed E-state index contributed by atoms with van der Waals surface area (Å²) < 4.78 is 17.9. The van der Waals surface area contributed by atoms with Crippen molar-refractivity contribution in [3.05, 3.63) is 89.5 Å². The van der Waals surface area contributed by atoms with E-state index in [0.29, 0.717) is 6.29 Å².